The Morgan fingerprint density at radius 1 is 1.40 bits per heavy atom. The second-order valence-corrected chi connectivity index (χ2v) is 6.08. The number of halogens is 1. The Labute approximate surface area is 127 Å². The van der Waals surface area contributed by atoms with Crippen molar-refractivity contribution < 1.29 is 4.74 Å². The van der Waals surface area contributed by atoms with Crippen LogP contribution in [0.1, 0.15) is 24.9 Å². The highest BCUT2D eigenvalue weighted by atomic mass is 35.5. The second-order valence-electron chi connectivity index (χ2n) is 5.64. The van der Waals surface area contributed by atoms with Crippen LogP contribution in [0.15, 0.2) is 24.3 Å². The predicted octanol–water partition coefficient (Wildman–Crippen LogP) is 2.96. The van der Waals surface area contributed by atoms with Gasteiger partial charge in [0.25, 0.3) is 0 Å². The summed E-state index contributed by atoms with van der Waals surface area (Å²) in [7, 11) is 2.17. The zero-order valence-corrected chi connectivity index (χ0v) is 13.2. The molecule has 20 heavy (non-hydrogen) atoms. The minimum absolute atomic E-state index is 0.406. The Balaban J connectivity index is 1.68. The Morgan fingerprint density at radius 2 is 2.15 bits per heavy atom. The Morgan fingerprint density at radius 3 is 2.80 bits per heavy atom. The van der Waals surface area contributed by atoms with E-state index in [4.69, 9.17) is 16.3 Å². The molecule has 1 fully saturated rings. The molecule has 1 heterocycles. The molecule has 1 N–H and O–H groups in total. The molecule has 0 bridgehead atoms. The van der Waals surface area contributed by atoms with Crippen molar-refractivity contribution in [3.8, 4) is 0 Å². The number of hydrogen-bond acceptors (Lipinski definition) is 3. The van der Waals surface area contributed by atoms with Gasteiger partial charge in [-0.15, -0.1) is 0 Å². The summed E-state index contributed by atoms with van der Waals surface area (Å²) in [5, 5.41) is 4.33. The number of hydrogen-bond donors (Lipinski definition) is 1. The van der Waals surface area contributed by atoms with Crippen LogP contribution in [0.5, 0.6) is 0 Å². The zero-order chi connectivity index (χ0) is 14.4. The molecule has 1 saturated heterocycles. The summed E-state index contributed by atoms with van der Waals surface area (Å²) in [5.74, 6) is 0.703. The van der Waals surface area contributed by atoms with Gasteiger partial charge in [-0.25, -0.2) is 0 Å². The lowest BCUT2D eigenvalue weighted by Crippen LogP contribution is -2.33. The van der Waals surface area contributed by atoms with E-state index in [1.807, 2.05) is 12.1 Å². The van der Waals surface area contributed by atoms with E-state index in [1.54, 1.807) is 0 Å². The minimum Gasteiger partial charge on any atom is -0.381 e. The van der Waals surface area contributed by atoms with Crippen LogP contribution in [0.4, 0.5) is 0 Å². The molecule has 0 aromatic heterocycles. The number of benzene rings is 1. The number of likely N-dealkylation sites (N-methyl/N-ethyl adjacent to an activating group) is 1. The standard InChI is InChI=1S/C16H25ClN2O/c1-13(15-3-5-16(17)6-4-15)19(2)9-8-18-11-14-7-10-20-12-14/h3-6,13-14,18H,7-12H2,1-2H3. The monoisotopic (exact) mass is 296 g/mol. The van der Waals surface area contributed by atoms with E-state index >= 15 is 0 Å². The summed E-state index contributed by atoms with van der Waals surface area (Å²) in [5.41, 5.74) is 1.31. The van der Waals surface area contributed by atoms with Crippen LogP contribution in [0, 0.1) is 5.92 Å². The van der Waals surface area contributed by atoms with Crippen molar-refractivity contribution in [2.45, 2.75) is 19.4 Å². The third kappa shape index (κ3) is 4.74. The molecule has 2 rings (SSSR count). The average Bonchev–Trinajstić information content (AvgIpc) is 2.96. The molecule has 112 valence electrons. The summed E-state index contributed by atoms with van der Waals surface area (Å²) in [6.45, 7) is 7.21. The summed E-state index contributed by atoms with van der Waals surface area (Å²) >= 11 is 5.93. The van der Waals surface area contributed by atoms with E-state index in [-0.39, 0.29) is 0 Å². The second kappa shape index (κ2) is 7.99. The van der Waals surface area contributed by atoms with E-state index in [0.29, 0.717) is 12.0 Å². The van der Waals surface area contributed by atoms with Crippen LogP contribution in [0.2, 0.25) is 5.02 Å². The molecule has 3 nitrogen and oxygen atoms in total. The fraction of sp³-hybridized carbons (Fsp3) is 0.625. The highest BCUT2D eigenvalue weighted by Crippen LogP contribution is 2.20. The van der Waals surface area contributed by atoms with Crippen LogP contribution < -0.4 is 5.32 Å². The molecule has 1 aliphatic heterocycles. The maximum absolute atomic E-state index is 5.93. The molecule has 0 radical (unpaired) electrons. The van der Waals surface area contributed by atoms with Gasteiger partial charge in [-0.3, -0.25) is 4.90 Å². The highest BCUT2D eigenvalue weighted by Gasteiger charge is 2.15. The molecule has 1 aromatic rings. The van der Waals surface area contributed by atoms with E-state index in [1.165, 1.54) is 12.0 Å². The van der Waals surface area contributed by atoms with E-state index in [2.05, 4.69) is 36.3 Å². The summed E-state index contributed by atoms with van der Waals surface area (Å²) in [4.78, 5) is 2.36. The third-order valence-corrected chi connectivity index (χ3v) is 4.36. The Kier molecular flexibility index (Phi) is 6.30. The molecular weight excluding hydrogens is 272 g/mol. The number of nitrogens with one attached hydrogen (secondary N) is 1. The lowest BCUT2D eigenvalue weighted by molar-refractivity contribution is 0.184. The fourth-order valence-electron chi connectivity index (χ4n) is 2.50. The maximum Gasteiger partial charge on any atom is 0.0507 e. The fourth-order valence-corrected chi connectivity index (χ4v) is 2.62. The van der Waals surface area contributed by atoms with Gasteiger partial charge >= 0.3 is 0 Å². The summed E-state index contributed by atoms with van der Waals surface area (Å²) in [6.07, 6.45) is 1.20. The first kappa shape index (κ1) is 15.8. The SMILES string of the molecule is CC(c1ccc(Cl)cc1)N(C)CCNCC1CCOC1. The Hall–Kier alpha value is -0.610. The van der Waals surface area contributed by atoms with Gasteiger partial charge in [0.2, 0.25) is 0 Å². The first-order valence-electron chi connectivity index (χ1n) is 7.41. The molecule has 1 aliphatic rings. The van der Waals surface area contributed by atoms with Crippen LogP contribution in [0.3, 0.4) is 0 Å². The quantitative estimate of drug-likeness (QED) is 0.783. The molecular formula is C16H25ClN2O. The van der Waals surface area contributed by atoms with Gasteiger partial charge < -0.3 is 10.1 Å². The van der Waals surface area contributed by atoms with Gasteiger partial charge in [0.05, 0.1) is 6.61 Å². The van der Waals surface area contributed by atoms with Crippen molar-refractivity contribution in [3.63, 3.8) is 0 Å². The van der Waals surface area contributed by atoms with Crippen molar-refractivity contribution in [2.75, 3.05) is 39.9 Å². The molecule has 1 aromatic carbocycles. The van der Waals surface area contributed by atoms with E-state index in [9.17, 15) is 0 Å². The van der Waals surface area contributed by atoms with Crippen LogP contribution in [0.25, 0.3) is 0 Å². The van der Waals surface area contributed by atoms with Crippen molar-refractivity contribution in [2.24, 2.45) is 5.92 Å². The van der Waals surface area contributed by atoms with Crippen molar-refractivity contribution >= 4 is 11.6 Å². The van der Waals surface area contributed by atoms with E-state index in [0.717, 1.165) is 37.9 Å². The molecule has 0 aliphatic carbocycles. The zero-order valence-electron chi connectivity index (χ0n) is 12.4. The number of rotatable bonds is 7. The summed E-state index contributed by atoms with van der Waals surface area (Å²) < 4.78 is 5.38. The van der Waals surface area contributed by atoms with Gasteiger partial charge in [-0.1, -0.05) is 23.7 Å². The molecule has 0 spiro atoms. The predicted molar refractivity (Wildman–Crippen MR) is 84.3 cm³/mol. The lowest BCUT2D eigenvalue weighted by Gasteiger charge is -2.25. The van der Waals surface area contributed by atoms with Gasteiger partial charge in [0.15, 0.2) is 0 Å². The van der Waals surface area contributed by atoms with Crippen LogP contribution >= 0.6 is 11.6 Å². The first-order valence-corrected chi connectivity index (χ1v) is 7.79. The normalized spacial score (nSPS) is 20.5. The van der Waals surface area contributed by atoms with Gasteiger partial charge in [0.1, 0.15) is 0 Å². The third-order valence-electron chi connectivity index (χ3n) is 4.11. The van der Waals surface area contributed by atoms with Crippen molar-refractivity contribution in [3.05, 3.63) is 34.9 Å². The van der Waals surface area contributed by atoms with Crippen molar-refractivity contribution in [1.82, 2.24) is 10.2 Å². The van der Waals surface area contributed by atoms with Crippen molar-refractivity contribution in [1.29, 1.82) is 0 Å². The topological polar surface area (TPSA) is 24.5 Å². The van der Waals surface area contributed by atoms with Gasteiger partial charge in [0, 0.05) is 37.3 Å². The maximum atomic E-state index is 5.93. The molecule has 2 unspecified atom stereocenters. The lowest BCUT2D eigenvalue weighted by atomic mass is 10.1. The number of ether oxygens (including phenoxy) is 1. The van der Waals surface area contributed by atoms with E-state index < -0.39 is 0 Å². The minimum atomic E-state index is 0.406. The van der Waals surface area contributed by atoms with Crippen LogP contribution in [-0.2, 0) is 4.74 Å². The van der Waals surface area contributed by atoms with Gasteiger partial charge in [-0.05, 0) is 44.0 Å². The summed E-state index contributed by atoms with van der Waals surface area (Å²) in [6, 6.07) is 8.53. The average molecular weight is 297 g/mol. The Bertz CT molecular complexity index is 390. The molecule has 0 amide bonds. The smallest absolute Gasteiger partial charge is 0.0507 e. The number of nitrogens with zero attached hydrogens (tertiary/aromatic N) is 1. The molecule has 0 saturated carbocycles. The van der Waals surface area contributed by atoms with Crippen LogP contribution in [-0.4, -0.2) is 44.8 Å². The molecule has 4 heteroatoms. The first-order chi connectivity index (χ1) is 9.66. The highest BCUT2D eigenvalue weighted by molar-refractivity contribution is 6.30. The largest absolute Gasteiger partial charge is 0.381 e. The molecule has 2 atom stereocenters. The van der Waals surface area contributed by atoms with Gasteiger partial charge in [-0.2, -0.15) is 0 Å².